The molecule has 0 amide bonds. The predicted octanol–water partition coefficient (Wildman–Crippen LogP) is 1.68. The molecule has 2 aromatic heterocycles. The van der Waals surface area contributed by atoms with Crippen molar-refractivity contribution in [1.82, 2.24) is 14.5 Å². The number of fused-ring (bicyclic) bond motifs is 1. The summed E-state index contributed by atoms with van der Waals surface area (Å²) >= 11 is 3.20. The summed E-state index contributed by atoms with van der Waals surface area (Å²) in [5, 5.41) is 0. The van der Waals surface area contributed by atoms with E-state index in [4.69, 9.17) is 4.74 Å². The molecule has 7 heteroatoms. The topological polar surface area (TPSA) is 74.1 Å². The fraction of sp³-hybridized carbons (Fsp3) is 0.333. The molecule has 0 radical (unpaired) electrons. The van der Waals surface area contributed by atoms with Crippen LogP contribution in [0, 0.1) is 0 Å². The fourth-order valence-corrected chi connectivity index (χ4v) is 1.95. The van der Waals surface area contributed by atoms with Gasteiger partial charge >= 0.3 is 5.97 Å². The molecule has 2 heterocycles. The van der Waals surface area contributed by atoms with E-state index in [1.807, 2.05) is 0 Å². The van der Waals surface area contributed by atoms with Crippen molar-refractivity contribution in [3.8, 4) is 0 Å². The van der Waals surface area contributed by atoms with Crippen LogP contribution in [-0.4, -0.2) is 27.1 Å². The monoisotopic (exact) mass is 325 g/mol. The highest BCUT2D eigenvalue weighted by molar-refractivity contribution is 9.10. The van der Waals surface area contributed by atoms with Crippen LogP contribution in [0.4, 0.5) is 0 Å². The maximum atomic E-state index is 12.3. The first-order chi connectivity index (χ1) is 9.04. The molecule has 0 aliphatic heterocycles. The second-order valence-corrected chi connectivity index (χ2v) is 4.70. The molecule has 0 saturated carbocycles. The molecule has 1 unspecified atom stereocenters. The van der Waals surface area contributed by atoms with E-state index in [0.717, 1.165) is 0 Å². The number of halogens is 1. The average molecular weight is 326 g/mol. The Hall–Kier alpha value is -1.76. The van der Waals surface area contributed by atoms with Crippen molar-refractivity contribution in [2.75, 3.05) is 6.61 Å². The first-order valence-electron chi connectivity index (χ1n) is 5.74. The van der Waals surface area contributed by atoms with E-state index in [1.54, 1.807) is 26.0 Å². The molecule has 0 spiro atoms. The SMILES string of the molecule is CCOC(=O)C(C)n1cnc2ccc(Br)nc2c1=O. The summed E-state index contributed by atoms with van der Waals surface area (Å²) in [7, 11) is 0. The molecule has 0 bridgehead atoms. The van der Waals surface area contributed by atoms with Gasteiger partial charge in [0.25, 0.3) is 5.56 Å². The number of rotatable bonds is 3. The van der Waals surface area contributed by atoms with Gasteiger partial charge in [-0.05, 0) is 41.9 Å². The third-order valence-electron chi connectivity index (χ3n) is 2.64. The highest BCUT2D eigenvalue weighted by Gasteiger charge is 2.19. The van der Waals surface area contributed by atoms with Gasteiger partial charge in [0.05, 0.1) is 18.5 Å². The van der Waals surface area contributed by atoms with Crippen LogP contribution < -0.4 is 5.56 Å². The number of hydrogen-bond donors (Lipinski definition) is 0. The van der Waals surface area contributed by atoms with E-state index in [9.17, 15) is 9.59 Å². The quantitative estimate of drug-likeness (QED) is 0.634. The van der Waals surface area contributed by atoms with Crippen molar-refractivity contribution in [3.05, 3.63) is 33.4 Å². The summed E-state index contributed by atoms with van der Waals surface area (Å²) in [6.45, 7) is 3.57. The van der Waals surface area contributed by atoms with Gasteiger partial charge in [0.1, 0.15) is 10.6 Å². The van der Waals surface area contributed by atoms with Crippen LogP contribution in [0.15, 0.2) is 27.9 Å². The minimum atomic E-state index is -0.731. The summed E-state index contributed by atoms with van der Waals surface area (Å²) in [6, 6.07) is 2.66. The third-order valence-corrected chi connectivity index (χ3v) is 3.08. The lowest BCUT2D eigenvalue weighted by atomic mass is 10.3. The summed E-state index contributed by atoms with van der Waals surface area (Å²) in [5.41, 5.74) is 0.334. The minimum absolute atomic E-state index is 0.216. The zero-order chi connectivity index (χ0) is 14.0. The van der Waals surface area contributed by atoms with E-state index in [1.165, 1.54) is 10.9 Å². The Bertz CT molecular complexity index is 683. The number of carbonyl (C=O) groups is 1. The summed E-state index contributed by atoms with van der Waals surface area (Å²) in [6.07, 6.45) is 1.34. The highest BCUT2D eigenvalue weighted by Crippen LogP contribution is 2.12. The fourth-order valence-electron chi connectivity index (χ4n) is 1.64. The first kappa shape index (κ1) is 13.7. The van der Waals surface area contributed by atoms with Crippen molar-refractivity contribution < 1.29 is 9.53 Å². The first-order valence-corrected chi connectivity index (χ1v) is 6.54. The molecule has 0 fully saturated rings. The molecule has 2 aromatic rings. The molecule has 100 valence electrons. The standard InChI is InChI=1S/C12H12BrN3O3/c1-3-19-12(18)7(2)16-6-14-8-4-5-9(13)15-10(8)11(16)17/h4-7H,3H2,1-2H3. The van der Waals surface area contributed by atoms with Crippen LogP contribution in [0.5, 0.6) is 0 Å². The van der Waals surface area contributed by atoms with E-state index < -0.39 is 12.0 Å². The molecule has 1 atom stereocenters. The molecule has 2 rings (SSSR count). The predicted molar refractivity (Wildman–Crippen MR) is 72.8 cm³/mol. The van der Waals surface area contributed by atoms with Crippen molar-refractivity contribution in [3.63, 3.8) is 0 Å². The van der Waals surface area contributed by atoms with Gasteiger partial charge in [0, 0.05) is 0 Å². The van der Waals surface area contributed by atoms with Crippen LogP contribution in [0.25, 0.3) is 11.0 Å². The van der Waals surface area contributed by atoms with Crippen molar-refractivity contribution >= 4 is 32.9 Å². The average Bonchev–Trinajstić information content (AvgIpc) is 2.39. The Kier molecular flexibility index (Phi) is 3.94. The summed E-state index contributed by atoms with van der Waals surface area (Å²) < 4.78 is 6.66. The Morgan fingerprint density at radius 3 is 2.95 bits per heavy atom. The Labute approximate surface area is 117 Å². The molecule has 0 aliphatic carbocycles. The van der Waals surface area contributed by atoms with Gasteiger partial charge in [0.2, 0.25) is 0 Å². The molecular weight excluding hydrogens is 314 g/mol. The van der Waals surface area contributed by atoms with Crippen molar-refractivity contribution in [1.29, 1.82) is 0 Å². The molecule has 0 N–H and O–H groups in total. The van der Waals surface area contributed by atoms with Crippen LogP contribution >= 0.6 is 15.9 Å². The van der Waals surface area contributed by atoms with Gasteiger partial charge in [-0.2, -0.15) is 0 Å². The Morgan fingerprint density at radius 2 is 2.26 bits per heavy atom. The van der Waals surface area contributed by atoms with Gasteiger partial charge < -0.3 is 4.74 Å². The van der Waals surface area contributed by atoms with Gasteiger partial charge in [0.15, 0.2) is 5.52 Å². The molecule has 19 heavy (non-hydrogen) atoms. The number of esters is 1. The summed E-state index contributed by atoms with van der Waals surface area (Å²) in [5.74, 6) is -0.472. The molecular formula is C12H12BrN3O3. The number of aromatic nitrogens is 3. The van der Waals surface area contributed by atoms with E-state index in [-0.39, 0.29) is 17.7 Å². The van der Waals surface area contributed by atoms with Gasteiger partial charge in [-0.3, -0.25) is 9.36 Å². The van der Waals surface area contributed by atoms with E-state index in [2.05, 4.69) is 25.9 Å². The Morgan fingerprint density at radius 1 is 1.53 bits per heavy atom. The van der Waals surface area contributed by atoms with E-state index in [0.29, 0.717) is 10.1 Å². The lowest BCUT2D eigenvalue weighted by molar-refractivity contribution is -0.146. The van der Waals surface area contributed by atoms with Gasteiger partial charge in [-0.15, -0.1) is 0 Å². The number of ether oxygens (including phenoxy) is 1. The van der Waals surface area contributed by atoms with Crippen LogP contribution in [0.1, 0.15) is 19.9 Å². The zero-order valence-corrected chi connectivity index (χ0v) is 12.0. The third kappa shape index (κ3) is 2.65. The normalized spacial score (nSPS) is 12.4. The lowest BCUT2D eigenvalue weighted by Gasteiger charge is -2.13. The van der Waals surface area contributed by atoms with Crippen LogP contribution in [-0.2, 0) is 9.53 Å². The number of nitrogens with zero attached hydrogens (tertiary/aromatic N) is 3. The molecule has 0 saturated heterocycles. The van der Waals surface area contributed by atoms with Gasteiger partial charge in [-0.25, -0.2) is 14.8 Å². The molecule has 0 aromatic carbocycles. The molecule has 0 aliphatic rings. The maximum absolute atomic E-state index is 12.3. The van der Waals surface area contributed by atoms with E-state index >= 15 is 0 Å². The number of pyridine rings is 1. The van der Waals surface area contributed by atoms with Crippen LogP contribution in [0.3, 0.4) is 0 Å². The minimum Gasteiger partial charge on any atom is -0.464 e. The maximum Gasteiger partial charge on any atom is 0.328 e. The second kappa shape index (κ2) is 5.48. The smallest absolute Gasteiger partial charge is 0.328 e. The van der Waals surface area contributed by atoms with Crippen molar-refractivity contribution in [2.24, 2.45) is 0 Å². The number of hydrogen-bond acceptors (Lipinski definition) is 5. The Balaban J connectivity index is 2.53. The molecule has 6 nitrogen and oxygen atoms in total. The van der Waals surface area contributed by atoms with Crippen molar-refractivity contribution in [2.45, 2.75) is 19.9 Å². The summed E-state index contributed by atoms with van der Waals surface area (Å²) in [4.78, 5) is 32.1. The largest absolute Gasteiger partial charge is 0.464 e. The second-order valence-electron chi connectivity index (χ2n) is 3.89. The number of carbonyl (C=O) groups excluding carboxylic acids is 1. The zero-order valence-electron chi connectivity index (χ0n) is 10.5. The lowest BCUT2D eigenvalue weighted by Crippen LogP contribution is -2.30. The highest BCUT2D eigenvalue weighted by atomic mass is 79.9. The van der Waals surface area contributed by atoms with Crippen LogP contribution in [0.2, 0.25) is 0 Å². The van der Waals surface area contributed by atoms with Gasteiger partial charge in [-0.1, -0.05) is 0 Å².